The molecule has 0 aliphatic rings. The van der Waals surface area contributed by atoms with Crippen LogP contribution in [0.1, 0.15) is 0 Å². The molecule has 0 spiro atoms. The lowest BCUT2D eigenvalue weighted by molar-refractivity contribution is 1.07. The molecule has 0 saturated heterocycles. The van der Waals surface area contributed by atoms with E-state index < -0.39 is 0 Å². The second kappa shape index (κ2) is 13.1. The summed E-state index contributed by atoms with van der Waals surface area (Å²) in [4.78, 5) is 15.3. The van der Waals surface area contributed by atoms with E-state index in [0.717, 1.165) is 27.8 Å². The van der Waals surface area contributed by atoms with Gasteiger partial charge in [-0.25, -0.2) is 15.0 Å². The van der Waals surface area contributed by atoms with Gasteiger partial charge in [-0.2, -0.15) is 0 Å². The first-order chi connectivity index (χ1) is 27.7. The Labute approximate surface area is 324 Å². The quantitative estimate of drug-likeness (QED) is 0.167. The summed E-state index contributed by atoms with van der Waals surface area (Å²) in [6.07, 6.45) is 0. The summed E-state index contributed by atoms with van der Waals surface area (Å²) >= 11 is 0. The predicted molar refractivity (Wildman–Crippen MR) is 235 cm³/mol. The lowest BCUT2D eigenvalue weighted by Crippen LogP contribution is -2.00. The zero-order chi connectivity index (χ0) is 37.0. The van der Waals surface area contributed by atoms with Gasteiger partial charge in [-0.3, -0.25) is 0 Å². The summed E-state index contributed by atoms with van der Waals surface area (Å²) in [6, 6.07) is 71.2. The molecule has 11 rings (SSSR count). The first kappa shape index (κ1) is 32.0. The Hall–Kier alpha value is -7.49. The Balaban J connectivity index is 1.06. The molecule has 11 aromatic rings. The molecule has 10 aromatic carbocycles. The van der Waals surface area contributed by atoms with Gasteiger partial charge < -0.3 is 0 Å². The molecule has 0 bridgehead atoms. The maximum atomic E-state index is 5.14. The molecule has 0 radical (unpaired) electrons. The van der Waals surface area contributed by atoms with Gasteiger partial charge in [0, 0.05) is 16.7 Å². The van der Waals surface area contributed by atoms with E-state index in [-0.39, 0.29) is 0 Å². The Morgan fingerprint density at radius 1 is 0.232 bits per heavy atom. The van der Waals surface area contributed by atoms with Crippen LogP contribution in [0.3, 0.4) is 0 Å². The summed E-state index contributed by atoms with van der Waals surface area (Å²) < 4.78 is 0. The molecule has 0 saturated carbocycles. The van der Waals surface area contributed by atoms with Crippen molar-refractivity contribution in [1.29, 1.82) is 0 Å². The second-order valence-electron chi connectivity index (χ2n) is 14.4. The summed E-state index contributed by atoms with van der Waals surface area (Å²) in [6.45, 7) is 0. The molecule has 0 N–H and O–H groups in total. The number of hydrogen-bond donors (Lipinski definition) is 0. The molecule has 0 aliphatic heterocycles. The van der Waals surface area contributed by atoms with E-state index in [2.05, 4.69) is 182 Å². The minimum absolute atomic E-state index is 0.635. The minimum atomic E-state index is 0.635. The van der Waals surface area contributed by atoms with Crippen molar-refractivity contribution in [3.63, 3.8) is 0 Å². The molecule has 0 amide bonds. The van der Waals surface area contributed by atoms with E-state index in [1.54, 1.807) is 0 Å². The minimum Gasteiger partial charge on any atom is -0.208 e. The van der Waals surface area contributed by atoms with Gasteiger partial charge in [0.15, 0.2) is 17.5 Å². The maximum Gasteiger partial charge on any atom is 0.164 e. The van der Waals surface area contributed by atoms with Crippen LogP contribution in [0.2, 0.25) is 0 Å². The highest BCUT2D eigenvalue weighted by atomic mass is 15.0. The zero-order valence-corrected chi connectivity index (χ0v) is 30.4. The summed E-state index contributed by atoms with van der Waals surface area (Å²) in [5.74, 6) is 1.92. The van der Waals surface area contributed by atoms with Gasteiger partial charge >= 0.3 is 0 Å². The summed E-state index contributed by atoms with van der Waals surface area (Å²) in [5.41, 5.74) is 7.43. The Morgan fingerprint density at radius 3 is 1.41 bits per heavy atom. The van der Waals surface area contributed by atoms with Crippen LogP contribution in [0, 0.1) is 0 Å². The molecular weight excluding hydrogens is 679 g/mol. The van der Waals surface area contributed by atoms with Crippen molar-refractivity contribution in [2.45, 2.75) is 0 Å². The van der Waals surface area contributed by atoms with Crippen molar-refractivity contribution >= 4 is 53.9 Å². The third-order valence-corrected chi connectivity index (χ3v) is 11.1. The fraction of sp³-hybridized carbons (Fsp3) is 0. The smallest absolute Gasteiger partial charge is 0.164 e. The molecule has 0 atom stereocenters. The fourth-order valence-corrected chi connectivity index (χ4v) is 8.36. The predicted octanol–water partition coefficient (Wildman–Crippen LogP) is 14.0. The van der Waals surface area contributed by atoms with Gasteiger partial charge in [-0.1, -0.05) is 182 Å². The largest absolute Gasteiger partial charge is 0.208 e. The first-order valence-corrected chi connectivity index (χ1v) is 19.0. The van der Waals surface area contributed by atoms with Crippen LogP contribution in [-0.2, 0) is 0 Å². The second-order valence-corrected chi connectivity index (χ2v) is 14.4. The van der Waals surface area contributed by atoms with E-state index in [9.17, 15) is 0 Å². The zero-order valence-electron chi connectivity index (χ0n) is 30.4. The number of rotatable bonds is 5. The van der Waals surface area contributed by atoms with Gasteiger partial charge in [-0.15, -0.1) is 0 Å². The monoisotopic (exact) mass is 711 g/mol. The molecule has 260 valence electrons. The molecule has 56 heavy (non-hydrogen) atoms. The van der Waals surface area contributed by atoms with Crippen molar-refractivity contribution in [2.75, 3.05) is 0 Å². The van der Waals surface area contributed by atoms with Crippen molar-refractivity contribution in [3.05, 3.63) is 200 Å². The van der Waals surface area contributed by atoms with Crippen molar-refractivity contribution in [2.24, 2.45) is 0 Å². The van der Waals surface area contributed by atoms with E-state index in [1.165, 1.54) is 65.0 Å². The molecule has 3 heteroatoms. The highest BCUT2D eigenvalue weighted by molar-refractivity contribution is 6.33. The van der Waals surface area contributed by atoms with Crippen LogP contribution < -0.4 is 0 Å². The summed E-state index contributed by atoms with van der Waals surface area (Å²) in [5, 5.41) is 12.5. The maximum absolute atomic E-state index is 5.14. The molecule has 0 aliphatic carbocycles. The lowest BCUT2D eigenvalue weighted by atomic mass is 9.87. The first-order valence-electron chi connectivity index (χ1n) is 19.0. The van der Waals surface area contributed by atoms with Gasteiger partial charge in [-0.05, 0) is 94.3 Å². The molecular formula is C53H33N3. The number of benzene rings is 10. The van der Waals surface area contributed by atoms with Crippen LogP contribution >= 0.6 is 0 Å². The molecule has 1 heterocycles. The topological polar surface area (TPSA) is 38.7 Å². The van der Waals surface area contributed by atoms with Crippen LogP contribution in [0.5, 0.6) is 0 Å². The third-order valence-electron chi connectivity index (χ3n) is 11.1. The van der Waals surface area contributed by atoms with E-state index in [4.69, 9.17) is 15.0 Å². The SMILES string of the molecule is c1ccc(-c2nc(-c3ccc(-c4ccc5ccccc5c4)cc3)nc(-c3cccc(-c4cc5c6ccccc6c6ccccc6c5c5ccccc45)c3)n2)cc1. The van der Waals surface area contributed by atoms with Gasteiger partial charge in [0.05, 0.1) is 0 Å². The average Bonchev–Trinajstić information content (AvgIpc) is 3.28. The number of hydrogen-bond acceptors (Lipinski definition) is 3. The third kappa shape index (κ3) is 5.40. The molecule has 1 aromatic heterocycles. The molecule has 0 unspecified atom stereocenters. The Kier molecular flexibility index (Phi) is 7.49. The Bertz CT molecular complexity index is 3300. The number of nitrogens with zero attached hydrogens (tertiary/aromatic N) is 3. The van der Waals surface area contributed by atoms with E-state index >= 15 is 0 Å². The summed E-state index contributed by atoms with van der Waals surface area (Å²) in [7, 11) is 0. The lowest BCUT2D eigenvalue weighted by Gasteiger charge is -2.16. The molecule has 0 fully saturated rings. The Morgan fingerprint density at radius 2 is 0.696 bits per heavy atom. The number of fused-ring (bicyclic) bond motifs is 9. The molecule has 3 nitrogen and oxygen atoms in total. The van der Waals surface area contributed by atoms with Crippen LogP contribution in [0.25, 0.3) is 110 Å². The van der Waals surface area contributed by atoms with Crippen molar-refractivity contribution < 1.29 is 0 Å². The fourth-order valence-electron chi connectivity index (χ4n) is 8.36. The highest BCUT2D eigenvalue weighted by Gasteiger charge is 2.17. The van der Waals surface area contributed by atoms with Gasteiger partial charge in [0.25, 0.3) is 0 Å². The van der Waals surface area contributed by atoms with E-state index in [0.29, 0.717) is 17.5 Å². The normalized spacial score (nSPS) is 11.6. The van der Waals surface area contributed by atoms with Crippen LogP contribution in [-0.4, -0.2) is 15.0 Å². The standard InChI is InChI=1S/C53H33N3/c1-2-14-36(15-3-1)51-54-52(37-28-25-35(26-29-37)39-30-27-34-13-4-5-16-38(34)31-39)56-53(55-51)41-18-12-17-40(32-41)48-33-49-44-21-7-6-19-42(44)43-20-8-10-23-46(43)50(49)47-24-11-9-22-45(47)48/h1-33H. The van der Waals surface area contributed by atoms with Crippen LogP contribution in [0.4, 0.5) is 0 Å². The number of aromatic nitrogens is 3. The van der Waals surface area contributed by atoms with Crippen LogP contribution in [0.15, 0.2) is 200 Å². The van der Waals surface area contributed by atoms with E-state index in [1.807, 2.05) is 18.2 Å². The van der Waals surface area contributed by atoms with Gasteiger partial charge in [0.2, 0.25) is 0 Å². The average molecular weight is 712 g/mol. The van der Waals surface area contributed by atoms with Crippen molar-refractivity contribution in [3.8, 4) is 56.4 Å². The van der Waals surface area contributed by atoms with Gasteiger partial charge in [0.1, 0.15) is 0 Å². The highest BCUT2D eigenvalue weighted by Crippen LogP contribution is 2.43. The van der Waals surface area contributed by atoms with Crippen molar-refractivity contribution in [1.82, 2.24) is 15.0 Å².